The van der Waals surface area contributed by atoms with Gasteiger partial charge in [0.15, 0.2) is 5.82 Å². The van der Waals surface area contributed by atoms with E-state index in [0.717, 1.165) is 28.8 Å². The molecule has 1 N–H and O–H groups in total. The summed E-state index contributed by atoms with van der Waals surface area (Å²) < 4.78 is 20.9. The van der Waals surface area contributed by atoms with Crippen LogP contribution >= 0.6 is 0 Å². The molecule has 0 fully saturated rings. The van der Waals surface area contributed by atoms with Crippen LogP contribution in [-0.4, -0.2) is 32.6 Å². The van der Waals surface area contributed by atoms with Gasteiger partial charge in [-0.05, 0) is 36.8 Å². The van der Waals surface area contributed by atoms with Gasteiger partial charge < -0.3 is 14.3 Å². The Hall–Kier alpha value is -3.22. The molecule has 0 unspecified atom stereocenters. The van der Waals surface area contributed by atoms with E-state index in [0.29, 0.717) is 16.9 Å². The first-order valence-electron chi connectivity index (χ1n) is 8.25. The number of nitrogens with one attached hydrogen (secondary N) is 1. The average Bonchev–Trinajstić information content (AvgIpc) is 3.21. The van der Waals surface area contributed by atoms with Crippen molar-refractivity contribution in [1.29, 1.82) is 0 Å². The highest BCUT2D eigenvalue weighted by Gasteiger charge is 2.18. The number of fused-ring (bicyclic) bond motifs is 2. The van der Waals surface area contributed by atoms with Crippen molar-refractivity contribution in [3.63, 3.8) is 0 Å². The smallest absolute Gasteiger partial charge is 0.338 e. The number of aryl methyl sites for hydroxylation is 2. The molecule has 132 valence electrons. The molecule has 4 aromatic rings. The van der Waals surface area contributed by atoms with E-state index in [1.54, 1.807) is 11.6 Å². The number of carbonyl (C=O) groups excluding carboxylic acids is 1. The number of carbonyl (C=O) groups is 1. The molecule has 0 spiro atoms. The van der Waals surface area contributed by atoms with E-state index in [1.807, 2.05) is 25.1 Å². The Balaban J connectivity index is 1.90. The van der Waals surface area contributed by atoms with Crippen LogP contribution in [0.2, 0.25) is 0 Å². The summed E-state index contributed by atoms with van der Waals surface area (Å²) in [5.41, 5.74) is 3.34. The molecule has 7 heteroatoms. The van der Waals surface area contributed by atoms with Crippen molar-refractivity contribution in [2.45, 2.75) is 13.3 Å². The lowest BCUT2D eigenvalue weighted by atomic mass is 10.2. The second-order valence-electron chi connectivity index (χ2n) is 6.09. The number of hydrogen-bond donors (Lipinski definition) is 1. The lowest BCUT2D eigenvalue weighted by Gasteiger charge is -2.02. The van der Waals surface area contributed by atoms with Crippen LogP contribution in [0.25, 0.3) is 33.6 Å². The highest BCUT2D eigenvalue weighted by molar-refractivity contribution is 5.95. The van der Waals surface area contributed by atoms with Crippen molar-refractivity contribution in [2.75, 3.05) is 7.11 Å². The molecule has 0 atom stereocenters. The molecule has 26 heavy (non-hydrogen) atoms. The number of aromatic nitrogens is 4. The first-order valence-corrected chi connectivity index (χ1v) is 8.25. The maximum Gasteiger partial charge on any atom is 0.338 e. The van der Waals surface area contributed by atoms with Gasteiger partial charge in [0, 0.05) is 18.1 Å². The Kier molecular flexibility index (Phi) is 3.72. The summed E-state index contributed by atoms with van der Waals surface area (Å²) in [5, 5.41) is 0.958. The highest BCUT2D eigenvalue weighted by atomic mass is 19.1. The fourth-order valence-corrected chi connectivity index (χ4v) is 3.14. The van der Waals surface area contributed by atoms with E-state index in [4.69, 9.17) is 0 Å². The molecule has 3 heterocycles. The molecular weight excluding hydrogens is 335 g/mol. The van der Waals surface area contributed by atoms with Gasteiger partial charge in [0.05, 0.1) is 23.9 Å². The number of esters is 1. The van der Waals surface area contributed by atoms with Crippen LogP contribution < -0.4 is 0 Å². The Bertz CT molecular complexity index is 1160. The normalized spacial score (nSPS) is 11.4. The van der Waals surface area contributed by atoms with Crippen molar-refractivity contribution >= 4 is 28.0 Å². The maximum atomic E-state index is 14.5. The third-order valence-corrected chi connectivity index (χ3v) is 4.48. The second-order valence-corrected chi connectivity index (χ2v) is 6.09. The van der Waals surface area contributed by atoms with E-state index in [-0.39, 0.29) is 5.56 Å². The summed E-state index contributed by atoms with van der Waals surface area (Å²) in [6.07, 6.45) is 0.845. The predicted molar refractivity (Wildman–Crippen MR) is 96.5 cm³/mol. The quantitative estimate of drug-likeness (QED) is 0.572. The molecular formula is C19H17FN4O2. The van der Waals surface area contributed by atoms with Crippen LogP contribution in [0.4, 0.5) is 4.39 Å². The van der Waals surface area contributed by atoms with Crippen LogP contribution in [0.1, 0.15) is 23.0 Å². The zero-order chi connectivity index (χ0) is 18.4. The molecule has 0 radical (unpaired) electrons. The zero-order valence-corrected chi connectivity index (χ0v) is 14.6. The molecule has 4 rings (SSSR count). The van der Waals surface area contributed by atoms with E-state index in [1.165, 1.54) is 19.2 Å². The minimum atomic E-state index is -0.597. The van der Waals surface area contributed by atoms with Crippen molar-refractivity contribution in [2.24, 2.45) is 7.05 Å². The summed E-state index contributed by atoms with van der Waals surface area (Å²) in [4.78, 5) is 24.0. The highest BCUT2D eigenvalue weighted by Crippen LogP contribution is 2.28. The molecule has 0 saturated heterocycles. The Morgan fingerprint density at radius 3 is 2.81 bits per heavy atom. The molecule has 0 bridgehead atoms. The summed E-state index contributed by atoms with van der Waals surface area (Å²) in [7, 11) is 3.00. The zero-order valence-electron chi connectivity index (χ0n) is 14.6. The standard InChI is InChI=1S/C19H17FN4O2/c1-4-12-6-5-10-8-15(22-17(10)21-12)18-23-14-9-11(19(25)26-3)7-13(20)16(14)24(18)2/h5-9H,4H2,1-3H3,(H,21,22). The van der Waals surface area contributed by atoms with Gasteiger partial charge in [0.25, 0.3) is 0 Å². The molecule has 6 nitrogen and oxygen atoms in total. The first kappa shape index (κ1) is 16.3. The molecule has 0 aliphatic carbocycles. The maximum absolute atomic E-state index is 14.5. The SMILES string of the molecule is CCc1ccc2cc(-c3nc4cc(C(=O)OC)cc(F)c4n3C)[nH]c2n1. The van der Waals surface area contributed by atoms with Crippen LogP contribution in [0, 0.1) is 5.82 Å². The molecule has 1 aromatic carbocycles. The number of benzene rings is 1. The second kappa shape index (κ2) is 5.94. The van der Waals surface area contributed by atoms with Crippen molar-refractivity contribution in [3.8, 4) is 11.5 Å². The van der Waals surface area contributed by atoms with Crippen LogP contribution in [-0.2, 0) is 18.2 Å². The number of ether oxygens (including phenoxy) is 1. The van der Waals surface area contributed by atoms with Crippen LogP contribution in [0.15, 0.2) is 30.3 Å². The summed E-state index contributed by atoms with van der Waals surface area (Å²) in [6.45, 7) is 2.05. The number of methoxy groups -OCH3 is 1. The largest absolute Gasteiger partial charge is 0.465 e. The Morgan fingerprint density at radius 2 is 2.08 bits per heavy atom. The number of imidazole rings is 1. The third-order valence-electron chi connectivity index (χ3n) is 4.48. The van der Waals surface area contributed by atoms with Gasteiger partial charge >= 0.3 is 5.97 Å². The van der Waals surface area contributed by atoms with Crippen molar-refractivity contribution in [3.05, 3.63) is 47.4 Å². The van der Waals surface area contributed by atoms with E-state index in [2.05, 4.69) is 19.7 Å². The fourth-order valence-electron chi connectivity index (χ4n) is 3.14. The van der Waals surface area contributed by atoms with Gasteiger partial charge in [-0.15, -0.1) is 0 Å². The molecule has 0 amide bonds. The van der Waals surface area contributed by atoms with Gasteiger partial charge in [-0.1, -0.05) is 6.92 Å². The van der Waals surface area contributed by atoms with Gasteiger partial charge in [0.2, 0.25) is 0 Å². The molecule has 0 aliphatic rings. The lowest BCUT2D eigenvalue weighted by Crippen LogP contribution is -2.02. The summed E-state index contributed by atoms with van der Waals surface area (Å²) in [5.74, 6) is -0.552. The van der Waals surface area contributed by atoms with E-state index < -0.39 is 11.8 Å². The van der Waals surface area contributed by atoms with E-state index in [9.17, 15) is 9.18 Å². The van der Waals surface area contributed by atoms with Gasteiger partial charge in [-0.3, -0.25) is 0 Å². The first-order chi connectivity index (χ1) is 12.5. The number of nitrogens with zero attached hydrogens (tertiary/aromatic N) is 3. The number of pyridine rings is 1. The Morgan fingerprint density at radius 1 is 1.27 bits per heavy atom. The minimum Gasteiger partial charge on any atom is -0.465 e. The van der Waals surface area contributed by atoms with E-state index >= 15 is 0 Å². The number of hydrogen-bond acceptors (Lipinski definition) is 4. The minimum absolute atomic E-state index is 0.132. The average molecular weight is 352 g/mol. The summed E-state index contributed by atoms with van der Waals surface area (Å²) in [6, 6.07) is 8.61. The molecule has 0 saturated carbocycles. The number of H-pyrrole nitrogens is 1. The fraction of sp³-hybridized carbons (Fsp3) is 0.211. The van der Waals surface area contributed by atoms with Gasteiger partial charge in [-0.2, -0.15) is 0 Å². The Labute approximate surface area is 148 Å². The molecule has 3 aromatic heterocycles. The predicted octanol–water partition coefficient (Wildman–Crippen LogP) is 3.60. The van der Waals surface area contributed by atoms with Crippen molar-refractivity contribution in [1.82, 2.24) is 19.5 Å². The third kappa shape index (κ3) is 2.44. The molecule has 0 aliphatic heterocycles. The van der Waals surface area contributed by atoms with Crippen molar-refractivity contribution < 1.29 is 13.9 Å². The lowest BCUT2D eigenvalue weighted by molar-refractivity contribution is 0.0600. The van der Waals surface area contributed by atoms with Crippen LogP contribution in [0.3, 0.4) is 0 Å². The number of halogens is 1. The van der Waals surface area contributed by atoms with Gasteiger partial charge in [-0.25, -0.2) is 19.2 Å². The van der Waals surface area contributed by atoms with Gasteiger partial charge in [0.1, 0.15) is 17.0 Å². The number of aromatic amines is 1. The monoisotopic (exact) mass is 352 g/mol. The number of rotatable bonds is 3. The topological polar surface area (TPSA) is 72.8 Å². The summed E-state index contributed by atoms with van der Waals surface area (Å²) >= 11 is 0. The van der Waals surface area contributed by atoms with Crippen LogP contribution in [0.5, 0.6) is 0 Å².